The topological polar surface area (TPSA) is 41.6 Å². The van der Waals surface area contributed by atoms with Crippen molar-refractivity contribution in [1.82, 2.24) is 5.32 Å². The highest BCUT2D eigenvalue weighted by Gasteiger charge is 2.22. The molecule has 0 unspecified atom stereocenters. The van der Waals surface area contributed by atoms with E-state index in [1.807, 2.05) is 13.8 Å². The number of carbonyl (C=O) groups excluding carboxylic acids is 1. The van der Waals surface area contributed by atoms with Gasteiger partial charge in [-0.05, 0) is 61.9 Å². The van der Waals surface area contributed by atoms with Gasteiger partial charge in [0.1, 0.15) is 0 Å². The van der Waals surface area contributed by atoms with Crippen molar-refractivity contribution in [3.05, 3.63) is 59.9 Å². The third-order valence-electron chi connectivity index (χ3n) is 5.54. The van der Waals surface area contributed by atoms with Crippen LogP contribution in [0.1, 0.15) is 51.6 Å². The van der Waals surface area contributed by atoms with Gasteiger partial charge in [-0.3, -0.25) is 4.79 Å². The number of nitrogens with zero attached hydrogens (tertiary/aromatic N) is 1. The molecule has 0 bridgehead atoms. The Bertz CT molecular complexity index is 809. The van der Waals surface area contributed by atoms with Crippen LogP contribution in [0.4, 0.5) is 10.1 Å². The van der Waals surface area contributed by atoms with E-state index in [2.05, 4.69) is 41.4 Å². The first-order valence-corrected chi connectivity index (χ1v) is 10.5. The number of para-hydroxylation sites is 1. The number of amides is 1. The molecule has 2 aromatic rings. The van der Waals surface area contributed by atoms with Crippen molar-refractivity contribution < 1.29 is 13.9 Å². The third kappa shape index (κ3) is 5.49. The first-order valence-electron chi connectivity index (χ1n) is 10.5. The highest BCUT2D eigenvalue weighted by molar-refractivity contribution is 5.81. The molecule has 29 heavy (non-hydrogen) atoms. The molecule has 4 nitrogen and oxygen atoms in total. The quantitative estimate of drug-likeness (QED) is 0.706. The lowest BCUT2D eigenvalue weighted by atomic mass is 9.99. The molecule has 1 N–H and O–H groups in total. The summed E-state index contributed by atoms with van der Waals surface area (Å²) < 4.78 is 19.4. The fraction of sp³-hybridized carbons (Fsp3) is 0.458. The first kappa shape index (κ1) is 21.2. The standard InChI is InChI=1S/C24H31FN2O2/c1-4-22(29-23-10-6-5-9-21(23)25)24(28)26-18(3)19-11-13-20(14-12-19)27-15-7-8-17(2)16-27/h5-6,9-14,17-18,22H,4,7-8,15-16H2,1-3H3,(H,26,28)/t17-,18+,22+/m1/s1. The van der Waals surface area contributed by atoms with Gasteiger partial charge in [0.25, 0.3) is 5.91 Å². The maximum absolute atomic E-state index is 13.8. The molecular formula is C24H31FN2O2. The van der Waals surface area contributed by atoms with E-state index in [1.54, 1.807) is 12.1 Å². The van der Waals surface area contributed by atoms with Crippen LogP contribution in [0.25, 0.3) is 0 Å². The van der Waals surface area contributed by atoms with Crippen molar-refractivity contribution in [3.63, 3.8) is 0 Å². The summed E-state index contributed by atoms with van der Waals surface area (Å²) >= 11 is 0. The Hall–Kier alpha value is -2.56. The lowest BCUT2D eigenvalue weighted by molar-refractivity contribution is -0.128. The van der Waals surface area contributed by atoms with Crippen molar-refractivity contribution in [2.24, 2.45) is 5.92 Å². The molecule has 0 aromatic heterocycles. The lowest BCUT2D eigenvalue weighted by Crippen LogP contribution is -2.39. The number of piperidine rings is 1. The third-order valence-corrected chi connectivity index (χ3v) is 5.54. The van der Waals surface area contributed by atoms with E-state index < -0.39 is 11.9 Å². The second-order valence-electron chi connectivity index (χ2n) is 7.96. The fourth-order valence-electron chi connectivity index (χ4n) is 3.80. The molecule has 1 saturated heterocycles. The molecule has 1 heterocycles. The van der Waals surface area contributed by atoms with E-state index >= 15 is 0 Å². The molecule has 0 radical (unpaired) electrons. The Labute approximate surface area is 173 Å². The summed E-state index contributed by atoms with van der Waals surface area (Å²) in [5.41, 5.74) is 2.26. The van der Waals surface area contributed by atoms with Gasteiger partial charge >= 0.3 is 0 Å². The monoisotopic (exact) mass is 398 g/mol. The maximum Gasteiger partial charge on any atom is 0.261 e. The van der Waals surface area contributed by atoms with Gasteiger partial charge in [-0.15, -0.1) is 0 Å². The van der Waals surface area contributed by atoms with Crippen molar-refractivity contribution in [2.45, 2.75) is 52.2 Å². The van der Waals surface area contributed by atoms with Gasteiger partial charge in [0.15, 0.2) is 17.7 Å². The van der Waals surface area contributed by atoms with Crippen molar-refractivity contribution in [1.29, 1.82) is 0 Å². The molecule has 156 valence electrons. The van der Waals surface area contributed by atoms with E-state index in [9.17, 15) is 9.18 Å². The Balaban J connectivity index is 1.60. The van der Waals surface area contributed by atoms with E-state index in [1.165, 1.54) is 30.7 Å². The molecule has 0 aliphatic carbocycles. The summed E-state index contributed by atoms with van der Waals surface area (Å²) in [6.45, 7) is 8.29. The van der Waals surface area contributed by atoms with Crippen LogP contribution >= 0.6 is 0 Å². The summed E-state index contributed by atoms with van der Waals surface area (Å²) in [5, 5.41) is 2.99. The van der Waals surface area contributed by atoms with Crippen LogP contribution in [0.2, 0.25) is 0 Å². The largest absolute Gasteiger partial charge is 0.478 e. The highest BCUT2D eigenvalue weighted by atomic mass is 19.1. The molecule has 3 atom stereocenters. The highest BCUT2D eigenvalue weighted by Crippen LogP contribution is 2.25. The molecule has 1 aliphatic rings. The maximum atomic E-state index is 13.8. The van der Waals surface area contributed by atoms with E-state index in [0.29, 0.717) is 6.42 Å². The first-order chi connectivity index (χ1) is 14.0. The van der Waals surface area contributed by atoms with Crippen LogP contribution in [-0.2, 0) is 4.79 Å². The van der Waals surface area contributed by atoms with Crippen LogP contribution in [0.3, 0.4) is 0 Å². The Morgan fingerprint density at radius 1 is 1.24 bits per heavy atom. The zero-order chi connectivity index (χ0) is 20.8. The molecule has 1 aliphatic heterocycles. The Kier molecular flexibility index (Phi) is 7.13. The summed E-state index contributed by atoms with van der Waals surface area (Å²) in [7, 11) is 0. The Morgan fingerprint density at radius 2 is 1.97 bits per heavy atom. The minimum absolute atomic E-state index is 0.0993. The molecular weight excluding hydrogens is 367 g/mol. The molecule has 3 rings (SSSR count). The smallest absolute Gasteiger partial charge is 0.261 e. The molecule has 5 heteroatoms. The van der Waals surface area contributed by atoms with Gasteiger partial charge in [0, 0.05) is 18.8 Å². The number of nitrogens with one attached hydrogen (secondary N) is 1. The van der Waals surface area contributed by atoms with Crippen LogP contribution in [0, 0.1) is 11.7 Å². The van der Waals surface area contributed by atoms with Gasteiger partial charge in [-0.1, -0.05) is 38.1 Å². The average Bonchev–Trinajstić information content (AvgIpc) is 2.73. The number of anilines is 1. The van der Waals surface area contributed by atoms with E-state index in [0.717, 1.165) is 24.6 Å². The van der Waals surface area contributed by atoms with Gasteiger partial charge in [-0.25, -0.2) is 4.39 Å². The predicted molar refractivity (Wildman–Crippen MR) is 115 cm³/mol. The number of ether oxygens (including phenoxy) is 1. The molecule has 1 amide bonds. The van der Waals surface area contributed by atoms with Crippen LogP contribution in [-0.4, -0.2) is 25.1 Å². The second-order valence-corrected chi connectivity index (χ2v) is 7.96. The predicted octanol–water partition coefficient (Wildman–Crippen LogP) is 5.10. The summed E-state index contributed by atoms with van der Waals surface area (Å²) in [6.07, 6.45) is 2.25. The number of carbonyl (C=O) groups is 1. The van der Waals surface area contributed by atoms with Gasteiger partial charge in [0.2, 0.25) is 0 Å². The van der Waals surface area contributed by atoms with Crippen molar-refractivity contribution in [2.75, 3.05) is 18.0 Å². The van der Waals surface area contributed by atoms with Crippen LogP contribution < -0.4 is 15.0 Å². The SMILES string of the molecule is CC[C@H](Oc1ccccc1F)C(=O)N[C@@H](C)c1ccc(N2CCC[C@@H](C)C2)cc1. The summed E-state index contributed by atoms with van der Waals surface area (Å²) in [4.78, 5) is 15.1. The number of halogens is 1. The molecule has 1 fully saturated rings. The summed E-state index contributed by atoms with van der Waals surface area (Å²) in [6, 6.07) is 14.4. The zero-order valence-electron chi connectivity index (χ0n) is 17.5. The lowest BCUT2D eigenvalue weighted by Gasteiger charge is -2.33. The molecule has 0 saturated carbocycles. The van der Waals surface area contributed by atoms with Crippen LogP contribution in [0.5, 0.6) is 5.75 Å². The van der Waals surface area contributed by atoms with E-state index in [4.69, 9.17) is 4.74 Å². The molecule has 0 spiro atoms. The minimum atomic E-state index is -0.733. The Morgan fingerprint density at radius 3 is 2.62 bits per heavy atom. The zero-order valence-corrected chi connectivity index (χ0v) is 17.5. The normalized spacial score (nSPS) is 18.8. The number of benzene rings is 2. The molecule has 2 aromatic carbocycles. The fourth-order valence-corrected chi connectivity index (χ4v) is 3.80. The second kappa shape index (κ2) is 9.77. The number of rotatable bonds is 7. The number of hydrogen-bond donors (Lipinski definition) is 1. The van der Waals surface area contributed by atoms with Gasteiger partial charge < -0.3 is 15.0 Å². The minimum Gasteiger partial charge on any atom is -0.478 e. The van der Waals surface area contributed by atoms with Gasteiger partial charge in [0.05, 0.1) is 6.04 Å². The van der Waals surface area contributed by atoms with Crippen molar-refractivity contribution in [3.8, 4) is 5.75 Å². The van der Waals surface area contributed by atoms with Crippen molar-refractivity contribution >= 4 is 11.6 Å². The van der Waals surface area contributed by atoms with Gasteiger partial charge in [-0.2, -0.15) is 0 Å². The van der Waals surface area contributed by atoms with E-state index in [-0.39, 0.29) is 17.7 Å². The number of hydrogen-bond acceptors (Lipinski definition) is 3. The summed E-state index contributed by atoms with van der Waals surface area (Å²) in [5.74, 6) is 0.121. The van der Waals surface area contributed by atoms with Crippen LogP contribution in [0.15, 0.2) is 48.5 Å². The average molecular weight is 399 g/mol.